The summed E-state index contributed by atoms with van der Waals surface area (Å²) in [6.45, 7) is 3.21. The van der Waals surface area contributed by atoms with E-state index in [2.05, 4.69) is 123 Å². The quantitative estimate of drug-likeness (QED) is 0.127. The number of imidazole rings is 1. The first kappa shape index (κ1) is 28.9. The van der Waals surface area contributed by atoms with Crippen LogP contribution in [0.5, 0.6) is 0 Å². The number of aromatic nitrogens is 4. The van der Waals surface area contributed by atoms with E-state index in [4.69, 9.17) is 0 Å². The van der Waals surface area contributed by atoms with Gasteiger partial charge < -0.3 is 18.5 Å². The van der Waals surface area contributed by atoms with Crippen LogP contribution in [0.1, 0.15) is 19.8 Å². The topological polar surface area (TPSA) is 26.1 Å². The SMILES string of the molecule is CCCC[n+]1[c-]n(-c2[c-]cc3c(c2)c2cccc4c5ccccc5n3c24)c2ccccc21.[Ir+3].[c-]1ccccc1-c1ccccn1. The number of unbranched alkanes of at least 4 members (excludes halogenated alkanes) is 1. The molecule has 5 aromatic carbocycles. The van der Waals surface area contributed by atoms with Crippen LogP contribution in [0.2, 0.25) is 0 Å². The van der Waals surface area contributed by atoms with Crippen molar-refractivity contribution >= 4 is 49.1 Å². The van der Waals surface area contributed by atoms with E-state index in [-0.39, 0.29) is 20.1 Å². The van der Waals surface area contributed by atoms with Crippen LogP contribution in [0.15, 0.2) is 128 Å². The summed E-state index contributed by atoms with van der Waals surface area (Å²) >= 11 is 0. The van der Waals surface area contributed by atoms with Gasteiger partial charge in [0.25, 0.3) is 0 Å². The number of benzene rings is 5. The van der Waals surface area contributed by atoms with E-state index in [0.717, 1.165) is 29.9 Å². The molecule has 0 saturated heterocycles. The van der Waals surface area contributed by atoms with Crippen LogP contribution < -0.4 is 4.57 Å². The molecule has 5 heteroatoms. The summed E-state index contributed by atoms with van der Waals surface area (Å²) < 4.78 is 6.81. The number of para-hydroxylation sites is 4. The Balaban J connectivity index is 0.000000211. The van der Waals surface area contributed by atoms with Gasteiger partial charge in [0.2, 0.25) is 6.33 Å². The summed E-state index contributed by atoms with van der Waals surface area (Å²) in [7, 11) is 0. The molecule has 4 nitrogen and oxygen atoms in total. The Morgan fingerprint density at radius 3 is 2.27 bits per heavy atom. The van der Waals surface area contributed by atoms with Crippen molar-refractivity contribution in [2.24, 2.45) is 0 Å². The van der Waals surface area contributed by atoms with Crippen molar-refractivity contribution in [1.82, 2.24) is 14.0 Å². The Kier molecular flexibility index (Phi) is 7.89. The van der Waals surface area contributed by atoms with Crippen molar-refractivity contribution < 1.29 is 24.7 Å². The monoisotopic (exact) mass is 759 g/mol. The molecular weight excluding hydrogens is 729 g/mol. The van der Waals surface area contributed by atoms with Gasteiger partial charge in [-0.25, -0.2) is 0 Å². The summed E-state index contributed by atoms with van der Waals surface area (Å²) in [5.41, 5.74) is 9.18. The molecule has 9 aromatic rings. The van der Waals surface area contributed by atoms with E-state index >= 15 is 0 Å². The van der Waals surface area contributed by atoms with Gasteiger partial charge in [0.15, 0.2) is 0 Å². The van der Waals surface area contributed by atoms with E-state index in [1.54, 1.807) is 6.20 Å². The summed E-state index contributed by atoms with van der Waals surface area (Å²) in [5, 5.41) is 5.17. The minimum absolute atomic E-state index is 0. The number of hydrogen-bond acceptors (Lipinski definition) is 1. The van der Waals surface area contributed by atoms with Gasteiger partial charge in [0.1, 0.15) is 0 Å². The Morgan fingerprint density at radius 2 is 1.47 bits per heavy atom. The van der Waals surface area contributed by atoms with Crippen molar-refractivity contribution in [3.05, 3.63) is 146 Å². The molecule has 0 aliphatic carbocycles. The van der Waals surface area contributed by atoms with Crippen LogP contribution in [0.25, 0.3) is 66.1 Å². The molecule has 0 N–H and O–H groups in total. The molecule has 0 amide bonds. The van der Waals surface area contributed by atoms with Crippen molar-refractivity contribution in [3.8, 4) is 16.9 Å². The van der Waals surface area contributed by atoms with Gasteiger partial charge in [0.05, 0.1) is 17.6 Å². The molecule has 4 heterocycles. The van der Waals surface area contributed by atoms with Gasteiger partial charge in [-0.15, -0.1) is 41.3 Å². The Bertz CT molecular complexity index is 2330. The molecule has 0 bridgehead atoms. The third kappa shape index (κ3) is 4.99. The van der Waals surface area contributed by atoms with Gasteiger partial charge in [0, 0.05) is 28.0 Å². The second kappa shape index (κ2) is 12.3. The third-order valence-corrected chi connectivity index (χ3v) is 8.40. The molecule has 0 saturated carbocycles. The molecule has 0 fully saturated rings. The van der Waals surface area contributed by atoms with E-state index in [1.807, 2.05) is 42.5 Å². The second-order valence-electron chi connectivity index (χ2n) is 11.1. The molecule has 0 aliphatic heterocycles. The first-order valence-electron chi connectivity index (χ1n) is 15.2. The molecule has 45 heavy (non-hydrogen) atoms. The fourth-order valence-corrected chi connectivity index (χ4v) is 6.34. The van der Waals surface area contributed by atoms with Crippen LogP contribution in [-0.4, -0.2) is 14.0 Å². The number of fused-ring (bicyclic) bond motifs is 7. The maximum atomic E-state index is 4.22. The summed E-state index contributed by atoms with van der Waals surface area (Å²) in [5.74, 6) is 0. The van der Waals surface area contributed by atoms with Crippen LogP contribution in [-0.2, 0) is 26.7 Å². The zero-order valence-corrected chi connectivity index (χ0v) is 27.3. The van der Waals surface area contributed by atoms with E-state index in [9.17, 15) is 0 Å². The molecule has 218 valence electrons. The first-order chi connectivity index (χ1) is 21.8. The Hall–Kier alpha value is -4.83. The zero-order valence-electron chi connectivity index (χ0n) is 24.9. The number of aryl methyl sites for hydroxylation is 1. The van der Waals surface area contributed by atoms with E-state index < -0.39 is 0 Å². The molecule has 0 spiro atoms. The van der Waals surface area contributed by atoms with Crippen LogP contribution in [0.4, 0.5) is 0 Å². The van der Waals surface area contributed by atoms with Crippen LogP contribution in [0, 0.1) is 18.5 Å². The minimum Gasteiger partial charge on any atom is -0.363 e. The standard InChI is InChI=1S/C29H22N3.C11H8N.Ir/c1-2-3-17-30-19-31(28-14-7-6-13-27(28)30)20-15-16-26-24(18-20)23-11-8-10-22-21-9-4-5-12-25(21)32(26)29(22)23;1-2-6-10(7-3-1)11-8-4-5-9-12-11;/h4-14,16,18H,2-3,17H2,1H3;1-6,8-9H;/q2*-1;+3. The number of pyridine rings is 1. The zero-order chi connectivity index (χ0) is 29.5. The van der Waals surface area contributed by atoms with Crippen molar-refractivity contribution in [1.29, 1.82) is 0 Å². The maximum Gasteiger partial charge on any atom is 3.00 e. The molecule has 4 aromatic heterocycles. The molecular formula is C40H30IrN4+. The molecule has 9 rings (SSSR count). The van der Waals surface area contributed by atoms with Gasteiger partial charge in [-0.05, 0) is 29.6 Å². The van der Waals surface area contributed by atoms with Gasteiger partial charge in [-0.1, -0.05) is 97.3 Å². The average molecular weight is 759 g/mol. The normalized spacial score (nSPS) is 11.3. The maximum absolute atomic E-state index is 4.22. The molecule has 0 aliphatic rings. The molecule has 0 unspecified atom stereocenters. The Morgan fingerprint density at radius 1 is 0.711 bits per heavy atom. The smallest absolute Gasteiger partial charge is 0.363 e. The van der Waals surface area contributed by atoms with E-state index in [0.29, 0.717) is 0 Å². The summed E-state index contributed by atoms with van der Waals surface area (Å²) in [6, 6.07) is 48.7. The van der Waals surface area contributed by atoms with Crippen molar-refractivity contribution in [2.45, 2.75) is 26.3 Å². The number of rotatable bonds is 5. The Labute approximate surface area is 275 Å². The van der Waals surface area contributed by atoms with Crippen molar-refractivity contribution in [2.75, 3.05) is 0 Å². The predicted octanol–water partition coefficient (Wildman–Crippen LogP) is 9.01. The van der Waals surface area contributed by atoms with Crippen molar-refractivity contribution in [3.63, 3.8) is 0 Å². The molecule has 0 atom stereocenters. The molecule has 0 radical (unpaired) electrons. The number of hydrogen-bond donors (Lipinski definition) is 0. The van der Waals surface area contributed by atoms with Gasteiger partial charge in [-0.2, -0.15) is 18.2 Å². The number of nitrogens with zero attached hydrogens (tertiary/aromatic N) is 4. The fraction of sp³-hybridized carbons (Fsp3) is 0.100. The predicted molar refractivity (Wildman–Crippen MR) is 179 cm³/mol. The second-order valence-corrected chi connectivity index (χ2v) is 11.1. The van der Waals surface area contributed by atoms with Gasteiger partial charge >= 0.3 is 20.1 Å². The minimum atomic E-state index is 0. The summed E-state index contributed by atoms with van der Waals surface area (Å²) in [6.07, 6.45) is 7.70. The largest absolute Gasteiger partial charge is 3.00 e. The first-order valence-corrected chi connectivity index (χ1v) is 15.2. The third-order valence-electron chi connectivity index (χ3n) is 8.40. The van der Waals surface area contributed by atoms with Crippen LogP contribution >= 0.6 is 0 Å². The summed E-state index contributed by atoms with van der Waals surface area (Å²) in [4.78, 5) is 4.22. The van der Waals surface area contributed by atoms with E-state index in [1.165, 1.54) is 55.5 Å². The average Bonchev–Trinajstić information content (AvgIpc) is 3.75. The fourth-order valence-electron chi connectivity index (χ4n) is 6.34. The van der Waals surface area contributed by atoms with Gasteiger partial charge in [-0.3, -0.25) is 0 Å². The van der Waals surface area contributed by atoms with Crippen LogP contribution in [0.3, 0.4) is 0 Å².